The highest BCUT2D eigenvalue weighted by atomic mass is 35.5. The molecular weight excluding hydrogens is 432 g/mol. The van der Waals surface area contributed by atoms with Gasteiger partial charge in [-0.1, -0.05) is 12.1 Å². The van der Waals surface area contributed by atoms with Gasteiger partial charge in [-0.05, 0) is 29.8 Å². The van der Waals surface area contributed by atoms with E-state index < -0.39 is 6.36 Å². The van der Waals surface area contributed by atoms with Crippen molar-refractivity contribution in [3.05, 3.63) is 53.6 Å². The van der Waals surface area contributed by atoms with Crippen LogP contribution in [-0.4, -0.2) is 49.7 Å². The number of nitrogens with zero attached hydrogens (tertiary/aromatic N) is 1. The Morgan fingerprint density at radius 2 is 1.59 bits per heavy atom. The molecule has 0 spiro atoms. The van der Waals surface area contributed by atoms with Crippen LogP contribution in [0.15, 0.2) is 42.5 Å². The van der Waals surface area contributed by atoms with Crippen LogP contribution in [-0.2, 0) is 0 Å². The lowest BCUT2D eigenvalue weighted by atomic mass is 9.95. The van der Waals surface area contributed by atoms with Gasteiger partial charge in [0.15, 0.2) is 0 Å². The van der Waals surface area contributed by atoms with Gasteiger partial charge in [0.1, 0.15) is 17.2 Å². The van der Waals surface area contributed by atoms with E-state index in [4.69, 9.17) is 4.74 Å². The normalized spacial score (nSPS) is 15.6. The lowest BCUT2D eigenvalue weighted by molar-refractivity contribution is -0.274. The maximum absolute atomic E-state index is 12.4. The molecule has 1 aliphatic heterocycles. The fourth-order valence-corrected chi connectivity index (χ4v) is 3.26. The largest absolute Gasteiger partial charge is 0.573 e. The number of piperazine rings is 1. The summed E-state index contributed by atoms with van der Waals surface area (Å²) < 4.78 is 46.3. The van der Waals surface area contributed by atoms with E-state index in [0.717, 1.165) is 31.7 Å². The van der Waals surface area contributed by atoms with Gasteiger partial charge in [-0.3, -0.25) is 4.90 Å². The van der Waals surface area contributed by atoms with E-state index in [0.29, 0.717) is 11.3 Å². The minimum atomic E-state index is -4.73. The van der Waals surface area contributed by atoms with E-state index >= 15 is 0 Å². The van der Waals surface area contributed by atoms with Gasteiger partial charge < -0.3 is 19.9 Å². The third-order valence-corrected chi connectivity index (χ3v) is 4.48. The first-order chi connectivity index (χ1) is 12.9. The number of hydrogen-bond acceptors (Lipinski definition) is 5. The number of alkyl halides is 3. The van der Waals surface area contributed by atoms with Crippen molar-refractivity contribution in [1.29, 1.82) is 0 Å². The number of halogens is 5. The maximum Gasteiger partial charge on any atom is 0.573 e. The standard InChI is InChI=1S/C19H21F3N2O3.2ClH/c1-26-15-6-7-16(17(25)12-15)18(24-10-8-23-9-11-24)13-2-4-14(5-3-13)27-19(20,21)22;;/h2-7,12,18,23,25H,8-11H2,1H3;2*1H/t18-;;/m0../s1. The third-order valence-electron chi connectivity index (χ3n) is 4.48. The zero-order chi connectivity index (χ0) is 19.4. The van der Waals surface area contributed by atoms with Crippen molar-refractivity contribution in [3.63, 3.8) is 0 Å². The number of phenolic OH excluding ortho intramolecular Hbond substituents is 1. The van der Waals surface area contributed by atoms with Gasteiger partial charge in [-0.2, -0.15) is 0 Å². The summed E-state index contributed by atoms with van der Waals surface area (Å²) in [6.45, 7) is 3.08. The Kier molecular flexibility index (Phi) is 9.35. The van der Waals surface area contributed by atoms with E-state index in [1.54, 1.807) is 24.3 Å². The molecule has 0 amide bonds. The average Bonchev–Trinajstić information content (AvgIpc) is 2.64. The van der Waals surface area contributed by atoms with Crippen LogP contribution in [0, 0.1) is 0 Å². The topological polar surface area (TPSA) is 54.0 Å². The molecule has 2 aromatic rings. The molecule has 0 unspecified atom stereocenters. The van der Waals surface area contributed by atoms with Crippen molar-refractivity contribution in [3.8, 4) is 17.2 Å². The number of ether oxygens (including phenoxy) is 2. The average molecular weight is 455 g/mol. The third kappa shape index (κ3) is 6.57. The maximum atomic E-state index is 12.4. The van der Waals surface area contributed by atoms with Crippen LogP contribution < -0.4 is 14.8 Å². The Balaban J connectivity index is 0.00000210. The molecule has 1 aliphatic rings. The van der Waals surface area contributed by atoms with Crippen LogP contribution in [0.25, 0.3) is 0 Å². The van der Waals surface area contributed by atoms with Gasteiger partial charge >= 0.3 is 6.36 Å². The predicted octanol–water partition coefficient (Wildman–Crippen LogP) is 4.14. The van der Waals surface area contributed by atoms with Crippen molar-refractivity contribution in [2.45, 2.75) is 12.4 Å². The Morgan fingerprint density at radius 3 is 2.10 bits per heavy atom. The second-order valence-electron chi connectivity index (χ2n) is 6.23. The summed E-state index contributed by atoms with van der Waals surface area (Å²) in [6.07, 6.45) is -4.73. The molecule has 0 saturated carbocycles. The molecule has 3 rings (SSSR count). The number of nitrogens with one attached hydrogen (secondary N) is 1. The summed E-state index contributed by atoms with van der Waals surface area (Å²) in [5, 5.41) is 13.8. The monoisotopic (exact) mass is 454 g/mol. The second kappa shape index (κ2) is 10.8. The van der Waals surface area contributed by atoms with Crippen LogP contribution >= 0.6 is 24.8 Å². The van der Waals surface area contributed by atoms with Crippen molar-refractivity contribution in [2.75, 3.05) is 33.3 Å². The molecule has 1 saturated heterocycles. The van der Waals surface area contributed by atoms with Crippen molar-refractivity contribution in [2.24, 2.45) is 0 Å². The number of hydrogen-bond donors (Lipinski definition) is 2. The fraction of sp³-hybridized carbons (Fsp3) is 0.368. The van der Waals surface area contributed by atoms with Crippen molar-refractivity contribution in [1.82, 2.24) is 10.2 Å². The summed E-state index contributed by atoms with van der Waals surface area (Å²) in [6, 6.07) is 10.5. The van der Waals surface area contributed by atoms with Crippen LogP contribution in [0.3, 0.4) is 0 Å². The quantitative estimate of drug-likeness (QED) is 0.710. The lowest BCUT2D eigenvalue weighted by Gasteiger charge is -2.36. The van der Waals surface area contributed by atoms with Crippen LogP contribution in [0.1, 0.15) is 17.2 Å². The molecule has 1 fully saturated rings. The van der Waals surface area contributed by atoms with Gasteiger partial charge in [0.2, 0.25) is 0 Å². The molecule has 2 aromatic carbocycles. The van der Waals surface area contributed by atoms with Crippen molar-refractivity contribution >= 4 is 24.8 Å². The minimum absolute atomic E-state index is 0. The molecule has 0 aromatic heterocycles. The number of rotatable bonds is 5. The van der Waals surface area contributed by atoms with E-state index in [2.05, 4.69) is 15.0 Å². The van der Waals surface area contributed by atoms with Crippen LogP contribution in [0.5, 0.6) is 17.2 Å². The molecule has 1 heterocycles. The number of phenols is 1. The van der Waals surface area contributed by atoms with Gasteiger partial charge in [0.25, 0.3) is 0 Å². The van der Waals surface area contributed by atoms with E-state index in [9.17, 15) is 18.3 Å². The summed E-state index contributed by atoms with van der Waals surface area (Å²) in [4.78, 5) is 2.18. The number of methoxy groups -OCH3 is 1. The van der Waals surface area contributed by atoms with E-state index in [-0.39, 0.29) is 42.4 Å². The Morgan fingerprint density at radius 1 is 1.00 bits per heavy atom. The van der Waals surface area contributed by atoms with Gasteiger partial charge in [-0.25, -0.2) is 0 Å². The molecule has 10 heteroatoms. The molecule has 0 radical (unpaired) electrons. The Hall–Kier alpha value is -1.87. The molecule has 0 aliphatic carbocycles. The van der Waals surface area contributed by atoms with Gasteiger partial charge in [0.05, 0.1) is 13.2 Å². The number of aromatic hydroxyl groups is 1. The van der Waals surface area contributed by atoms with Crippen LogP contribution in [0.2, 0.25) is 0 Å². The molecule has 29 heavy (non-hydrogen) atoms. The SMILES string of the molecule is COc1ccc([C@H](c2ccc(OC(F)(F)F)cc2)N2CCNCC2)c(O)c1.Cl.Cl. The predicted molar refractivity (Wildman–Crippen MR) is 109 cm³/mol. The van der Waals surface area contributed by atoms with Gasteiger partial charge in [0, 0.05) is 37.8 Å². The summed E-state index contributed by atoms with van der Waals surface area (Å²) in [5.74, 6) is 0.335. The highest BCUT2D eigenvalue weighted by Crippen LogP contribution is 2.37. The smallest absolute Gasteiger partial charge is 0.507 e. The lowest BCUT2D eigenvalue weighted by Crippen LogP contribution is -2.45. The zero-order valence-corrected chi connectivity index (χ0v) is 17.2. The second-order valence-corrected chi connectivity index (χ2v) is 6.23. The molecule has 162 valence electrons. The summed E-state index contributed by atoms with van der Waals surface area (Å²) in [5.41, 5.74) is 1.44. The fourth-order valence-electron chi connectivity index (χ4n) is 3.26. The minimum Gasteiger partial charge on any atom is -0.507 e. The highest BCUT2D eigenvalue weighted by Gasteiger charge is 2.31. The first-order valence-corrected chi connectivity index (χ1v) is 8.55. The summed E-state index contributed by atoms with van der Waals surface area (Å²) in [7, 11) is 1.52. The molecule has 5 nitrogen and oxygen atoms in total. The number of benzene rings is 2. The van der Waals surface area contributed by atoms with Crippen molar-refractivity contribution < 1.29 is 27.8 Å². The molecular formula is C19H23Cl2F3N2O3. The molecule has 2 N–H and O–H groups in total. The first kappa shape index (κ1) is 25.2. The summed E-state index contributed by atoms with van der Waals surface area (Å²) >= 11 is 0. The molecule has 0 bridgehead atoms. The van der Waals surface area contributed by atoms with E-state index in [1.807, 2.05) is 0 Å². The Labute approximate surface area is 179 Å². The first-order valence-electron chi connectivity index (χ1n) is 8.55. The Bertz CT molecular complexity index is 770. The van der Waals surface area contributed by atoms with E-state index in [1.165, 1.54) is 25.3 Å². The molecule has 1 atom stereocenters. The zero-order valence-electron chi connectivity index (χ0n) is 15.6. The van der Waals surface area contributed by atoms with Crippen LogP contribution in [0.4, 0.5) is 13.2 Å². The highest BCUT2D eigenvalue weighted by molar-refractivity contribution is 5.85. The van der Waals surface area contributed by atoms with Gasteiger partial charge in [-0.15, -0.1) is 38.0 Å².